The molecular weight excluding hydrogens is 246 g/mol. The molecule has 0 fully saturated rings. The van der Waals surface area contributed by atoms with Crippen molar-refractivity contribution >= 4 is 49.1 Å². The van der Waals surface area contributed by atoms with Crippen LogP contribution < -0.4 is 0 Å². The number of rotatable bonds is 0. The monoisotopic (exact) mass is 247 g/mol. The van der Waals surface area contributed by atoms with E-state index in [0.717, 1.165) is 14.7 Å². The molecule has 0 aliphatic heterocycles. The molecule has 0 atom stereocenters. The Labute approximate surface area is 81.1 Å². The summed E-state index contributed by atoms with van der Waals surface area (Å²) in [6.07, 6.45) is 0. The van der Waals surface area contributed by atoms with Gasteiger partial charge in [0.15, 0.2) is 0 Å². The molecule has 0 spiro atoms. The summed E-state index contributed by atoms with van der Waals surface area (Å²) in [6.45, 7) is 0. The third-order valence-electron chi connectivity index (χ3n) is 1.35. The van der Waals surface area contributed by atoms with Crippen molar-refractivity contribution in [1.82, 2.24) is 4.98 Å². The fourth-order valence-electron chi connectivity index (χ4n) is 0.893. The largest absolute Gasteiger partial charge is 0.243 e. The van der Waals surface area contributed by atoms with E-state index in [1.54, 1.807) is 16.8 Å². The molecule has 1 nitrogen and oxygen atoms in total. The van der Waals surface area contributed by atoms with Crippen LogP contribution in [-0.4, -0.2) is 4.98 Å². The summed E-state index contributed by atoms with van der Waals surface area (Å²) >= 11 is 10.9. The predicted octanol–water partition coefficient (Wildman–Crippen LogP) is 3.71. The first-order valence-corrected chi connectivity index (χ1v) is 5.00. The maximum Gasteiger partial charge on any atom is 0.0998 e. The molecule has 56 valence electrons. The van der Waals surface area contributed by atoms with Crippen LogP contribution in [0, 0.1) is 0 Å². The standard InChI is InChI=1S/C7H3BrClNS/c8-4-1-5(9)7-6(2-4)11-3-10-7/h1-3H. The third kappa shape index (κ3) is 1.28. The molecule has 1 aromatic heterocycles. The molecule has 0 aliphatic carbocycles. The zero-order valence-electron chi connectivity index (χ0n) is 5.34. The van der Waals surface area contributed by atoms with Gasteiger partial charge >= 0.3 is 0 Å². The highest BCUT2D eigenvalue weighted by Crippen LogP contribution is 2.29. The van der Waals surface area contributed by atoms with Gasteiger partial charge < -0.3 is 0 Å². The summed E-state index contributed by atoms with van der Waals surface area (Å²) in [5.41, 5.74) is 2.68. The van der Waals surface area contributed by atoms with Crippen molar-refractivity contribution in [2.24, 2.45) is 0 Å². The van der Waals surface area contributed by atoms with Crippen LogP contribution >= 0.6 is 38.9 Å². The Morgan fingerprint density at radius 2 is 2.27 bits per heavy atom. The van der Waals surface area contributed by atoms with E-state index in [2.05, 4.69) is 20.9 Å². The summed E-state index contributed by atoms with van der Waals surface area (Å²) in [5, 5.41) is 0.704. The Morgan fingerprint density at radius 3 is 3.09 bits per heavy atom. The number of halogens is 2. The van der Waals surface area contributed by atoms with Crippen LogP contribution in [0.2, 0.25) is 5.02 Å². The van der Waals surface area contributed by atoms with Crippen LogP contribution in [0.3, 0.4) is 0 Å². The van der Waals surface area contributed by atoms with E-state index in [1.807, 2.05) is 12.1 Å². The minimum Gasteiger partial charge on any atom is -0.243 e. The van der Waals surface area contributed by atoms with Crippen LogP contribution in [0.5, 0.6) is 0 Å². The van der Waals surface area contributed by atoms with Gasteiger partial charge in [-0.25, -0.2) is 4.98 Å². The lowest BCUT2D eigenvalue weighted by molar-refractivity contribution is 1.50. The number of aromatic nitrogens is 1. The molecule has 2 rings (SSSR count). The quantitative estimate of drug-likeness (QED) is 0.692. The average molecular weight is 249 g/mol. The second-order valence-corrected chi connectivity index (χ2v) is 4.30. The van der Waals surface area contributed by atoms with E-state index in [1.165, 1.54) is 0 Å². The summed E-state index contributed by atoms with van der Waals surface area (Å²) < 4.78 is 2.11. The first-order chi connectivity index (χ1) is 5.27. The van der Waals surface area contributed by atoms with Crippen molar-refractivity contribution in [2.75, 3.05) is 0 Å². The molecule has 0 saturated carbocycles. The van der Waals surface area contributed by atoms with Gasteiger partial charge in [-0.1, -0.05) is 27.5 Å². The molecule has 0 radical (unpaired) electrons. The molecule has 0 unspecified atom stereocenters. The number of hydrogen-bond donors (Lipinski definition) is 0. The SMILES string of the molecule is Clc1cc(Br)cc2scnc12. The molecule has 2 aromatic rings. The molecule has 0 amide bonds. The van der Waals surface area contributed by atoms with Crippen LogP contribution in [0.1, 0.15) is 0 Å². The first kappa shape index (κ1) is 7.53. The van der Waals surface area contributed by atoms with Gasteiger partial charge in [0.2, 0.25) is 0 Å². The van der Waals surface area contributed by atoms with Crippen molar-refractivity contribution in [3.63, 3.8) is 0 Å². The number of hydrogen-bond acceptors (Lipinski definition) is 2. The second-order valence-electron chi connectivity index (χ2n) is 2.09. The highest BCUT2D eigenvalue weighted by atomic mass is 79.9. The zero-order chi connectivity index (χ0) is 7.84. The highest BCUT2D eigenvalue weighted by Gasteiger charge is 2.02. The molecule has 1 aromatic carbocycles. The van der Waals surface area contributed by atoms with Gasteiger partial charge in [-0.2, -0.15) is 0 Å². The van der Waals surface area contributed by atoms with Crippen molar-refractivity contribution < 1.29 is 0 Å². The van der Waals surface area contributed by atoms with E-state index in [-0.39, 0.29) is 0 Å². The van der Waals surface area contributed by atoms with Gasteiger partial charge in [0.05, 0.1) is 20.7 Å². The fraction of sp³-hybridized carbons (Fsp3) is 0. The predicted molar refractivity (Wildman–Crippen MR) is 52.3 cm³/mol. The minimum absolute atomic E-state index is 0.704. The van der Waals surface area contributed by atoms with E-state index >= 15 is 0 Å². The smallest absolute Gasteiger partial charge is 0.0998 e. The zero-order valence-corrected chi connectivity index (χ0v) is 8.50. The van der Waals surface area contributed by atoms with Crippen LogP contribution in [0.25, 0.3) is 10.2 Å². The number of thiazole rings is 1. The first-order valence-electron chi connectivity index (χ1n) is 2.95. The molecule has 0 saturated heterocycles. The Kier molecular flexibility index (Phi) is 1.87. The molecule has 0 N–H and O–H groups in total. The molecule has 4 heteroatoms. The van der Waals surface area contributed by atoms with Gasteiger partial charge in [0.25, 0.3) is 0 Å². The Hall–Kier alpha value is -0.120. The number of fused-ring (bicyclic) bond motifs is 1. The highest BCUT2D eigenvalue weighted by molar-refractivity contribution is 9.10. The lowest BCUT2D eigenvalue weighted by Gasteiger charge is -1.92. The lowest BCUT2D eigenvalue weighted by atomic mass is 10.3. The fourth-order valence-corrected chi connectivity index (χ4v) is 2.70. The molecule has 1 heterocycles. The molecule has 11 heavy (non-hydrogen) atoms. The minimum atomic E-state index is 0.704. The van der Waals surface area contributed by atoms with Crippen molar-refractivity contribution in [3.8, 4) is 0 Å². The van der Waals surface area contributed by atoms with E-state index < -0.39 is 0 Å². The molecule has 0 aliphatic rings. The Morgan fingerprint density at radius 1 is 1.45 bits per heavy atom. The third-order valence-corrected chi connectivity index (χ3v) is 2.88. The molecular formula is C7H3BrClNS. The van der Waals surface area contributed by atoms with Gasteiger partial charge in [-0.3, -0.25) is 0 Å². The van der Waals surface area contributed by atoms with E-state index in [9.17, 15) is 0 Å². The Bertz CT molecular complexity index is 398. The Balaban J connectivity index is 2.91. The average Bonchev–Trinajstić information content (AvgIpc) is 2.34. The van der Waals surface area contributed by atoms with Gasteiger partial charge in [0, 0.05) is 4.47 Å². The second kappa shape index (κ2) is 2.73. The van der Waals surface area contributed by atoms with E-state index in [4.69, 9.17) is 11.6 Å². The summed E-state index contributed by atoms with van der Waals surface area (Å²) in [5.74, 6) is 0. The van der Waals surface area contributed by atoms with Gasteiger partial charge in [-0.05, 0) is 12.1 Å². The number of benzene rings is 1. The summed E-state index contributed by atoms with van der Waals surface area (Å²) in [4.78, 5) is 4.13. The maximum atomic E-state index is 5.92. The van der Waals surface area contributed by atoms with Crippen molar-refractivity contribution in [1.29, 1.82) is 0 Å². The molecule has 0 bridgehead atoms. The maximum absolute atomic E-state index is 5.92. The summed E-state index contributed by atoms with van der Waals surface area (Å²) in [7, 11) is 0. The van der Waals surface area contributed by atoms with Gasteiger partial charge in [-0.15, -0.1) is 11.3 Å². The van der Waals surface area contributed by atoms with Crippen LogP contribution in [0.4, 0.5) is 0 Å². The van der Waals surface area contributed by atoms with Crippen LogP contribution in [-0.2, 0) is 0 Å². The number of nitrogens with zero attached hydrogens (tertiary/aromatic N) is 1. The van der Waals surface area contributed by atoms with Gasteiger partial charge in [0.1, 0.15) is 0 Å². The van der Waals surface area contributed by atoms with Crippen LogP contribution in [0.15, 0.2) is 22.1 Å². The van der Waals surface area contributed by atoms with Crippen molar-refractivity contribution in [2.45, 2.75) is 0 Å². The van der Waals surface area contributed by atoms with E-state index in [0.29, 0.717) is 5.02 Å². The van der Waals surface area contributed by atoms with Crippen molar-refractivity contribution in [3.05, 3.63) is 27.1 Å². The topological polar surface area (TPSA) is 12.9 Å². The normalized spacial score (nSPS) is 10.7. The lowest BCUT2D eigenvalue weighted by Crippen LogP contribution is -1.70. The summed E-state index contributed by atoms with van der Waals surface area (Å²) in [6, 6.07) is 3.86.